The molecule has 1 heterocycles. The molecule has 1 aromatic heterocycles. The number of sulfonamides is 1. The van der Waals surface area contributed by atoms with Gasteiger partial charge in [0.25, 0.3) is 15.6 Å². The van der Waals surface area contributed by atoms with Gasteiger partial charge in [0.05, 0.1) is 4.90 Å². The van der Waals surface area contributed by atoms with Gasteiger partial charge in [-0.25, -0.2) is 18.1 Å². The van der Waals surface area contributed by atoms with Gasteiger partial charge in [0.1, 0.15) is 0 Å². The average Bonchev–Trinajstić information content (AvgIpc) is 2.46. The van der Waals surface area contributed by atoms with Gasteiger partial charge in [0.15, 0.2) is 0 Å². The molecule has 0 atom stereocenters. The van der Waals surface area contributed by atoms with Gasteiger partial charge in [0, 0.05) is 23.9 Å². The average molecular weight is 350 g/mol. The van der Waals surface area contributed by atoms with Crippen molar-refractivity contribution in [2.75, 3.05) is 10.0 Å². The molecule has 1 amide bonds. The smallest absolute Gasteiger partial charge is 0.264 e. The van der Waals surface area contributed by atoms with Crippen LogP contribution >= 0.6 is 0 Å². The molecule has 0 bridgehead atoms. The van der Waals surface area contributed by atoms with Crippen LogP contribution in [0, 0.1) is 6.92 Å². The Kier molecular flexibility index (Phi) is 5.03. The molecule has 0 saturated heterocycles. The van der Waals surface area contributed by atoms with Crippen molar-refractivity contribution in [3.8, 4) is 0 Å². The van der Waals surface area contributed by atoms with Gasteiger partial charge in [-0.1, -0.05) is 6.92 Å². The second kappa shape index (κ2) is 6.83. The van der Waals surface area contributed by atoms with Gasteiger partial charge >= 0.3 is 0 Å². The van der Waals surface area contributed by atoms with Crippen molar-refractivity contribution in [3.63, 3.8) is 0 Å². The zero-order valence-corrected chi connectivity index (χ0v) is 14.3. The quantitative estimate of drug-likeness (QED) is 0.752. The van der Waals surface area contributed by atoms with E-state index in [1.54, 1.807) is 6.92 Å². The Morgan fingerprint density at radius 3 is 2.38 bits per heavy atom. The maximum atomic E-state index is 12.4. The molecule has 8 nitrogen and oxygen atoms in total. The summed E-state index contributed by atoms with van der Waals surface area (Å²) in [7, 11) is -3.91. The predicted octanol–water partition coefficient (Wildman–Crippen LogP) is 1.40. The van der Waals surface area contributed by atoms with Gasteiger partial charge in [-0.15, -0.1) is 0 Å². The minimum Gasteiger partial charge on any atom is -0.326 e. The van der Waals surface area contributed by atoms with Gasteiger partial charge in [-0.2, -0.15) is 0 Å². The lowest BCUT2D eigenvalue weighted by molar-refractivity contribution is -0.114. The molecule has 0 aliphatic heterocycles. The summed E-state index contributed by atoms with van der Waals surface area (Å²) in [5.74, 6) is -0.391. The third-order valence-corrected chi connectivity index (χ3v) is 4.65. The first kappa shape index (κ1) is 17.7. The number of nitrogens with one attached hydrogen (secondary N) is 3. The van der Waals surface area contributed by atoms with Crippen molar-refractivity contribution in [2.24, 2.45) is 0 Å². The monoisotopic (exact) mass is 350 g/mol. The predicted molar refractivity (Wildman–Crippen MR) is 90.5 cm³/mol. The van der Waals surface area contributed by atoms with Crippen LogP contribution < -0.4 is 15.6 Å². The van der Waals surface area contributed by atoms with Crippen molar-refractivity contribution in [1.29, 1.82) is 0 Å². The molecule has 0 spiro atoms. The molecule has 2 aromatic rings. The summed E-state index contributed by atoms with van der Waals surface area (Å²) >= 11 is 0. The largest absolute Gasteiger partial charge is 0.326 e. The van der Waals surface area contributed by atoms with E-state index in [9.17, 15) is 18.0 Å². The van der Waals surface area contributed by atoms with E-state index in [4.69, 9.17) is 0 Å². The van der Waals surface area contributed by atoms with E-state index in [1.807, 2.05) is 6.92 Å². The third kappa shape index (κ3) is 3.99. The number of amides is 1. The van der Waals surface area contributed by atoms with E-state index in [1.165, 1.54) is 31.2 Å². The van der Waals surface area contributed by atoms with Crippen molar-refractivity contribution < 1.29 is 13.2 Å². The van der Waals surface area contributed by atoms with Crippen LogP contribution in [0.25, 0.3) is 0 Å². The fourth-order valence-electron chi connectivity index (χ4n) is 2.18. The maximum Gasteiger partial charge on any atom is 0.264 e. The molecule has 128 valence electrons. The lowest BCUT2D eigenvalue weighted by Crippen LogP contribution is -2.22. The highest BCUT2D eigenvalue weighted by atomic mass is 32.2. The Morgan fingerprint density at radius 1 is 1.25 bits per heavy atom. The fraction of sp³-hybridized carbons (Fsp3) is 0.267. The number of nitrogens with zero attached hydrogens (tertiary/aromatic N) is 1. The Morgan fingerprint density at radius 2 is 1.88 bits per heavy atom. The molecular formula is C15H18N4O4S. The van der Waals surface area contributed by atoms with E-state index >= 15 is 0 Å². The van der Waals surface area contributed by atoms with Crippen LogP contribution in [0.1, 0.15) is 25.1 Å². The second-order valence-corrected chi connectivity index (χ2v) is 6.83. The van der Waals surface area contributed by atoms with Gasteiger partial charge in [-0.05, 0) is 37.6 Å². The highest BCUT2D eigenvalue weighted by Crippen LogP contribution is 2.16. The Hall–Kier alpha value is -2.68. The molecule has 9 heteroatoms. The number of anilines is 2. The number of rotatable bonds is 5. The lowest BCUT2D eigenvalue weighted by Gasteiger charge is -2.10. The molecule has 24 heavy (non-hydrogen) atoms. The number of carbonyl (C=O) groups excluding carboxylic acids is 1. The second-order valence-electron chi connectivity index (χ2n) is 5.14. The van der Waals surface area contributed by atoms with Crippen molar-refractivity contribution >= 4 is 27.6 Å². The van der Waals surface area contributed by atoms with Crippen LogP contribution in [-0.4, -0.2) is 24.3 Å². The highest BCUT2D eigenvalue weighted by molar-refractivity contribution is 7.92. The molecule has 2 rings (SSSR count). The first-order chi connectivity index (χ1) is 11.2. The SMILES string of the molecule is CCc1c(C)nc(NS(=O)(=O)c2ccc(NC(C)=O)cc2)[nH]c1=O. The van der Waals surface area contributed by atoms with Crippen molar-refractivity contribution in [3.05, 3.63) is 45.9 Å². The standard InChI is InChI=1S/C15H18N4O4S/c1-4-13-9(2)16-15(18-14(13)21)19-24(22,23)12-7-5-11(6-8-12)17-10(3)20/h5-8H,4H2,1-3H3,(H,17,20)(H2,16,18,19,21). The number of aromatic amines is 1. The van der Waals surface area contributed by atoms with Crippen LogP contribution in [0.15, 0.2) is 34.0 Å². The number of H-pyrrole nitrogens is 1. The molecule has 0 aliphatic carbocycles. The first-order valence-corrected chi connectivity index (χ1v) is 8.71. The zero-order valence-electron chi connectivity index (χ0n) is 13.5. The topological polar surface area (TPSA) is 121 Å². The summed E-state index contributed by atoms with van der Waals surface area (Å²) in [4.78, 5) is 29.3. The van der Waals surface area contributed by atoms with Crippen LogP contribution in [0.5, 0.6) is 0 Å². The molecule has 0 aliphatic rings. The number of aryl methyl sites for hydroxylation is 1. The summed E-state index contributed by atoms with van der Waals surface area (Å²) in [6.07, 6.45) is 0.506. The van der Waals surface area contributed by atoms with E-state index in [-0.39, 0.29) is 22.3 Å². The summed E-state index contributed by atoms with van der Waals surface area (Å²) in [5, 5.41) is 2.55. The molecule has 0 saturated carbocycles. The van der Waals surface area contributed by atoms with Gasteiger partial charge < -0.3 is 5.32 Å². The molecule has 0 radical (unpaired) electrons. The molecule has 0 fully saturated rings. The molecule has 1 aromatic carbocycles. The van der Waals surface area contributed by atoms with Gasteiger partial charge in [-0.3, -0.25) is 14.6 Å². The first-order valence-electron chi connectivity index (χ1n) is 7.23. The maximum absolute atomic E-state index is 12.4. The minimum absolute atomic E-state index is 0.0172. The fourth-order valence-corrected chi connectivity index (χ4v) is 3.15. The summed E-state index contributed by atoms with van der Waals surface area (Å²) in [6, 6.07) is 5.63. The summed E-state index contributed by atoms with van der Waals surface area (Å²) < 4.78 is 26.9. The normalized spacial score (nSPS) is 11.1. The van der Waals surface area contributed by atoms with Crippen LogP contribution in [-0.2, 0) is 21.2 Å². The van der Waals surface area contributed by atoms with E-state index in [0.29, 0.717) is 23.4 Å². The van der Waals surface area contributed by atoms with E-state index in [2.05, 4.69) is 20.0 Å². The summed E-state index contributed by atoms with van der Waals surface area (Å²) in [5.41, 5.74) is 1.09. The molecular weight excluding hydrogens is 332 g/mol. The molecule has 0 unspecified atom stereocenters. The van der Waals surface area contributed by atoms with E-state index < -0.39 is 10.0 Å². The summed E-state index contributed by atoms with van der Waals surface area (Å²) in [6.45, 7) is 4.82. The Balaban J connectivity index is 2.28. The molecule has 3 N–H and O–H groups in total. The lowest BCUT2D eigenvalue weighted by atomic mass is 10.2. The number of aromatic nitrogens is 2. The number of hydrogen-bond donors (Lipinski definition) is 3. The van der Waals surface area contributed by atoms with E-state index in [0.717, 1.165) is 0 Å². The number of carbonyl (C=O) groups is 1. The highest BCUT2D eigenvalue weighted by Gasteiger charge is 2.16. The van der Waals surface area contributed by atoms with Crippen LogP contribution in [0.2, 0.25) is 0 Å². The number of hydrogen-bond acceptors (Lipinski definition) is 5. The van der Waals surface area contributed by atoms with Crippen LogP contribution in [0.3, 0.4) is 0 Å². The van der Waals surface area contributed by atoms with Gasteiger partial charge in [0.2, 0.25) is 11.9 Å². The number of benzene rings is 1. The third-order valence-electron chi connectivity index (χ3n) is 3.29. The van der Waals surface area contributed by atoms with Crippen molar-refractivity contribution in [1.82, 2.24) is 9.97 Å². The zero-order chi connectivity index (χ0) is 17.9. The Bertz CT molecular complexity index is 917. The van der Waals surface area contributed by atoms with Crippen LogP contribution in [0.4, 0.5) is 11.6 Å². The van der Waals surface area contributed by atoms with Crippen molar-refractivity contribution in [2.45, 2.75) is 32.1 Å². The Labute approximate surface area is 139 Å². The minimum atomic E-state index is -3.91.